The van der Waals surface area contributed by atoms with Gasteiger partial charge in [0.2, 0.25) is 0 Å². The average Bonchev–Trinajstić information content (AvgIpc) is 3.28. The molecule has 1 aromatic carbocycles. The maximum Gasteiger partial charge on any atom is 0.0716 e. The predicted molar refractivity (Wildman–Crippen MR) is 109 cm³/mol. The van der Waals surface area contributed by atoms with E-state index in [1.165, 1.54) is 18.4 Å². The molecule has 2 fully saturated rings. The first kappa shape index (κ1) is 20.6. The molecule has 0 saturated carbocycles. The summed E-state index contributed by atoms with van der Waals surface area (Å²) in [5, 5.41) is 9.35. The lowest BCUT2D eigenvalue weighted by Gasteiger charge is -2.27. The predicted octanol–water partition coefficient (Wildman–Crippen LogP) is 5.13. The molecule has 2 bridgehead atoms. The number of aliphatic hydroxyl groups is 1. The standard InChI is InChI=1S/C24H36O3/c1-24(2,18-25)15-8-4-7-11-20-21(23-13-12-22(20)27-23)14-16-26-17-19-9-5-3-6-10-19/h3-7,9-10,20-23,25H,8,11-18H2,1-2H3/b7-4-/t20-,21+,22-,23+/m0/s1. The van der Waals surface area contributed by atoms with Gasteiger partial charge in [0.15, 0.2) is 0 Å². The van der Waals surface area contributed by atoms with Crippen molar-refractivity contribution in [3.63, 3.8) is 0 Å². The fourth-order valence-corrected chi connectivity index (χ4v) is 4.51. The zero-order valence-corrected chi connectivity index (χ0v) is 17.0. The van der Waals surface area contributed by atoms with Crippen LogP contribution >= 0.6 is 0 Å². The summed E-state index contributed by atoms with van der Waals surface area (Å²) in [7, 11) is 0. The first-order valence-electron chi connectivity index (χ1n) is 10.6. The molecule has 3 rings (SSSR count). The maximum absolute atomic E-state index is 9.35. The average molecular weight is 373 g/mol. The van der Waals surface area contributed by atoms with Crippen LogP contribution < -0.4 is 0 Å². The number of hydrogen-bond acceptors (Lipinski definition) is 3. The molecule has 0 aromatic heterocycles. The molecule has 2 aliphatic heterocycles. The first-order chi connectivity index (χ1) is 13.1. The molecule has 0 amide bonds. The van der Waals surface area contributed by atoms with Gasteiger partial charge < -0.3 is 14.6 Å². The Hall–Kier alpha value is -1.16. The molecule has 0 unspecified atom stereocenters. The summed E-state index contributed by atoms with van der Waals surface area (Å²) in [6, 6.07) is 10.4. The molecule has 2 heterocycles. The third kappa shape index (κ3) is 5.91. The fraction of sp³-hybridized carbons (Fsp3) is 0.667. The number of hydrogen-bond donors (Lipinski definition) is 1. The van der Waals surface area contributed by atoms with E-state index in [1.807, 2.05) is 6.07 Å². The van der Waals surface area contributed by atoms with E-state index in [2.05, 4.69) is 50.3 Å². The van der Waals surface area contributed by atoms with E-state index in [0.29, 0.717) is 30.7 Å². The second-order valence-corrected chi connectivity index (χ2v) is 9.01. The van der Waals surface area contributed by atoms with Gasteiger partial charge in [-0.1, -0.05) is 56.3 Å². The minimum Gasteiger partial charge on any atom is -0.396 e. The van der Waals surface area contributed by atoms with E-state index < -0.39 is 0 Å². The number of rotatable bonds is 11. The number of fused-ring (bicyclic) bond motifs is 2. The summed E-state index contributed by atoms with van der Waals surface area (Å²) in [5.41, 5.74) is 1.27. The summed E-state index contributed by atoms with van der Waals surface area (Å²) in [6.45, 7) is 6.02. The van der Waals surface area contributed by atoms with Crippen LogP contribution in [0.5, 0.6) is 0 Å². The Morgan fingerprint density at radius 3 is 2.59 bits per heavy atom. The lowest BCUT2D eigenvalue weighted by atomic mass is 9.76. The molecule has 1 aromatic rings. The molecule has 0 radical (unpaired) electrons. The third-order valence-electron chi connectivity index (χ3n) is 6.29. The molecule has 0 aliphatic carbocycles. The summed E-state index contributed by atoms with van der Waals surface area (Å²) in [6.07, 6.45) is 12.3. The van der Waals surface area contributed by atoms with E-state index in [1.54, 1.807) is 0 Å². The van der Waals surface area contributed by atoms with Gasteiger partial charge in [-0.25, -0.2) is 0 Å². The van der Waals surface area contributed by atoms with Crippen LogP contribution in [0.4, 0.5) is 0 Å². The first-order valence-corrected chi connectivity index (χ1v) is 10.6. The van der Waals surface area contributed by atoms with Gasteiger partial charge in [0.1, 0.15) is 0 Å². The molecule has 0 spiro atoms. The lowest BCUT2D eigenvalue weighted by Crippen LogP contribution is -2.28. The van der Waals surface area contributed by atoms with Crippen molar-refractivity contribution in [2.45, 2.75) is 71.2 Å². The Morgan fingerprint density at radius 2 is 1.85 bits per heavy atom. The van der Waals surface area contributed by atoms with Crippen molar-refractivity contribution in [1.82, 2.24) is 0 Å². The summed E-state index contributed by atoms with van der Waals surface area (Å²) in [5.74, 6) is 1.28. The monoisotopic (exact) mass is 372 g/mol. The normalized spacial score (nSPS) is 27.7. The Labute approximate surface area is 164 Å². The quantitative estimate of drug-likeness (QED) is 0.432. The number of aliphatic hydroxyl groups excluding tert-OH is 1. The molecule has 4 atom stereocenters. The number of benzene rings is 1. The number of allylic oxidation sites excluding steroid dienone is 2. The van der Waals surface area contributed by atoms with Gasteiger partial charge in [-0.2, -0.15) is 0 Å². The second-order valence-electron chi connectivity index (χ2n) is 9.01. The van der Waals surface area contributed by atoms with Gasteiger partial charge in [-0.15, -0.1) is 0 Å². The number of ether oxygens (including phenoxy) is 2. The van der Waals surface area contributed by atoms with Crippen molar-refractivity contribution in [3.8, 4) is 0 Å². The lowest BCUT2D eigenvalue weighted by molar-refractivity contribution is 0.0722. The van der Waals surface area contributed by atoms with Gasteiger partial charge in [-0.05, 0) is 61.3 Å². The minimum absolute atomic E-state index is 0.0263. The Bertz CT molecular complexity index is 581. The largest absolute Gasteiger partial charge is 0.396 e. The SMILES string of the molecule is CC(C)(CO)CC/C=C\C[C@H]1[C@@H](CCOCc2ccccc2)[C@H]2CC[C@@H]1O2. The van der Waals surface area contributed by atoms with Gasteiger partial charge in [-0.3, -0.25) is 0 Å². The zero-order valence-electron chi connectivity index (χ0n) is 17.0. The van der Waals surface area contributed by atoms with Crippen molar-refractivity contribution >= 4 is 0 Å². The molecule has 2 aliphatic rings. The van der Waals surface area contributed by atoms with E-state index in [-0.39, 0.29) is 12.0 Å². The Morgan fingerprint density at radius 1 is 1.11 bits per heavy atom. The van der Waals surface area contributed by atoms with Crippen molar-refractivity contribution in [3.05, 3.63) is 48.0 Å². The Balaban J connectivity index is 1.40. The molecule has 1 N–H and O–H groups in total. The molecule has 150 valence electrons. The molecular weight excluding hydrogens is 336 g/mol. The second kappa shape index (κ2) is 9.86. The van der Waals surface area contributed by atoms with E-state index in [9.17, 15) is 5.11 Å². The van der Waals surface area contributed by atoms with Crippen molar-refractivity contribution < 1.29 is 14.6 Å². The van der Waals surface area contributed by atoms with Crippen molar-refractivity contribution in [1.29, 1.82) is 0 Å². The highest BCUT2D eigenvalue weighted by molar-refractivity contribution is 5.13. The van der Waals surface area contributed by atoms with Crippen LogP contribution in [0, 0.1) is 17.3 Å². The molecule has 3 heteroatoms. The van der Waals surface area contributed by atoms with Crippen LogP contribution in [0.25, 0.3) is 0 Å². The third-order valence-corrected chi connectivity index (χ3v) is 6.29. The van der Waals surface area contributed by atoms with Crippen LogP contribution in [0.1, 0.15) is 57.9 Å². The molecule has 3 nitrogen and oxygen atoms in total. The maximum atomic E-state index is 9.35. The van der Waals surface area contributed by atoms with Gasteiger partial charge in [0.25, 0.3) is 0 Å². The van der Waals surface area contributed by atoms with Crippen molar-refractivity contribution in [2.75, 3.05) is 13.2 Å². The highest BCUT2D eigenvalue weighted by Crippen LogP contribution is 2.46. The summed E-state index contributed by atoms with van der Waals surface area (Å²) < 4.78 is 12.2. The van der Waals surface area contributed by atoms with Crippen molar-refractivity contribution in [2.24, 2.45) is 17.3 Å². The van der Waals surface area contributed by atoms with Crippen LogP contribution in [0.15, 0.2) is 42.5 Å². The summed E-state index contributed by atoms with van der Waals surface area (Å²) in [4.78, 5) is 0. The van der Waals surface area contributed by atoms with E-state index in [0.717, 1.165) is 32.3 Å². The van der Waals surface area contributed by atoms with Crippen LogP contribution in [0.2, 0.25) is 0 Å². The molecular formula is C24H36O3. The Kier molecular flexibility index (Phi) is 7.51. The van der Waals surface area contributed by atoms with Gasteiger partial charge in [0.05, 0.1) is 18.8 Å². The zero-order chi connectivity index (χ0) is 19.1. The topological polar surface area (TPSA) is 38.7 Å². The van der Waals surface area contributed by atoms with Crippen LogP contribution in [0.3, 0.4) is 0 Å². The highest BCUT2D eigenvalue weighted by Gasteiger charge is 2.47. The smallest absolute Gasteiger partial charge is 0.0716 e. The molecule has 27 heavy (non-hydrogen) atoms. The minimum atomic E-state index is 0.0263. The highest BCUT2D eigenvalue weighted by atomic mass is 16.5. The summed E-state index contributed by atoms with van der Waals surface area (Å²) >= 11 is 0. The van der Waals surface area contributed by atoms with Gasteiger partial charge in [0, 0.05) is 13.2 Å². The van der Waals surface area contributed by atoms with E-state index in [4.69, 9.17) is 9.47 Å². The van der Waals surface area contributed by atoms with E-state index >= 15 is 0 Å². The fourth-order valence-electron chi connectivity index (χ4n) is 4.51. The van der Waals surface area contributed by atoms with Gasteiger partial charge >= 0.3 is 0 Å². The van der Waals surface area contributed by atoms with Crippen LogP contribution in [-0.4, -0.2) is 30.5 Å². The van der Waals surface area contributed by atoms with Crippen LogP contribution in [-0.2, 0) is 16.1 Å². The molecule has 2 saturated heterocycles.